The number of rotatable bonds is 3. The molecule has 3 heterocycles. The van der Waals surface area contributed by atoms with E-state index in [0.29, 0.717) is 17.9 Å². The highest BCUT2D eigenvalue weighted by Gasteiger charge is 2.35. The highest BCUT2D eigenvalue weighted by atomic mass is 16.5. The molecule has 1 aliphatic heterocycles. The van der Waals surface area contributed by atoms with Gasteiger partial charge in [-0.15, -0.1) is 0 Å². The molecule has 0 spiro atoms. The molecule has 8 heteroatoms. The van der Waals surface area contributed by atoms with Gasteiger partial charge >= 0.3 is 0 Å². The van der Waals surface area contributed by atoms with E-state index in [1.54, 1.807) is 0 Å². The molecule has 0 amide bonds. The fraction of sp³-hybridized carbons (Fsp3) is 0.417. The number of H-pyrrole nitrogens is 1. The summed E-state index contributed by atoms with van der Waals surface area (Å²) in [5.41, 5.74) is 0.0972. The minimum atomic E-state index is -0.794. The molecule has 1 aliphatic rings. The van der Waals surface area contributed by atoms with Crippen LogP contribution in [0.5, 0.6) is 0 Å². The SMILES string of the molecule is C=Cc1nc2c(ncn2C2OC(CO)CC2O)c(=O)[nH]1. The molecule has 0 bridgehead atoms. The lowest BCUT2D eigenvalue weighted by molar-refractivity contribution is -0.0486. The highest BCUT2D eigenvalue weighted by Crippen LogP contribution is 2.30. The molecule has 0 saturated carbocycles. The number of aromatic amines is 1. The molecule has 20 heavy (non-hydrogen) atoms. The summed E-state index contributed by atoms with van der Waals surface area (Å²) < 4.78 is 7.03. The summed E-state index contributed by atoms with van der Waals surface area (Å²) in [6, 6.07) is 0. The maximum atomic E-state index is 11.8. The van der Waals surface area contributed by atoms with E-state index in [0.717, 1.165) is 0 Å². The van der Waals surface area contributed by atoms with Gasteiger partial charge in [0.2, 0.25) is 0 Å². The van der Waals surface area contributed by atoms with Crippen LogP contribution in [0.15, 0.2) is 17.7 Å². The smallest absolute Gasteiger partial charge is 0.279 e. The predicted octanol–water partition coefficient (Wildman–Crippen LogP) is -0.597. The summed E-state index contributed by atoms with van der Waals surface area (Å²) in [7, 11) is 0. The van der Waals surface area contributed by atoms with Gasteiger partial charge in [0.05, 0.1) is 19.0 Å². The first-order valence-corrected chi connectivity index (χ1v) is 6.17. The molecule has 106 valence electrons. The second-order valence-corrected chi connectivity index (χ2v) is 4.61. The standard InChI is InChI=1S/C12H14N4O4/c1-2-8-14-10-9(11(19)15-8)13-5-16(10)12-7(18)3-6(4-17)20-12/h2,5-7,12,17-18H,1,3-4H2,(H,14,15,19). The lowest BCUT2D eigenvalue weighted by Crippen LogP contribution is -2.20. The van der Waals surface area contributed by atoms with Gasteiger partial charge in [-0.25, -0.2) is 9.97 Å². The molecule has 8 nitrogen and oxygen atoms in total. The molecule has 1 fully saturated rings. The number of ether oxygens (including phenoxy) is 1. The molecule has 2 aromatic rings. The predicted molar refractivity (Wildman–Crippen MR) is 69.9 cm³/mol. The van der Waals surface area contributed by atoms with Crippen molar-refractivity contribution in [2.45, 2.75) is 24.9 Å². The Morgan fingerprint density at radius 1 is 1.65 bits per heavy atom. The molecule has 3 rings (SSSR count). The van der Waals surface area contributed by atoms with E-state index in [1.807, 2.05) is 0 Å². The van der Waals surface area contributed by atoms with Gasteiger partial charge in [-0.3, -0.25) is 9.36 Å². The summed E-state index contributed by atoms with van der Waals surface area (Å²) in [6.07, 6.45) is 1.18. The normalized spacial score (nSPS) is 26.2. The molecule has 0 radical (unpaired) electrons. The van der Waals surface area contributed by atoms with E-state index < -0.39 is 18.4 Å². The molecule has 3 atom stereocenters. The van der Waals surface area contributed by atoms with Crippen LogP contribution in [-0.4, -0.2) is 48.5 Å². The van der Waals surface area contributed by atoms with E-state index in [1.165, 1.54) is 17.0 Å². The average Bonchev–Trinajstić information content (AvgIpc) is 3.01. The van der Waals surface area contributed by atoms with Crippen molar-refractivity contribution in [2.75, 3.05) is 6.61 Å². The van der Waals surface area contributed by atoms with Gasteiger partial charge in [0, 0.05) is 6.42 Å². The molecule has 2 aromatic heterocycles. The van der Waals surface area contributed by atoms with Gasteiger partial charge < -0.3 is 19.9 Å². The summed E-state index contributed by atoms with van der Waals surface area (Å²) in [5, 5.41) is 19.1. The van der Waals surface area contributed by atoms with E-state index in [9.17, 15) is 9.90 Å². The van der Waals surface area contributed by atoms with Crippen LogP contribution in [0, 0.1) is 0 Å². The van der Waals surface area contributed by atoms with Crippen LogP contribution >= 0.6 is 0 Å². The highest BCUT2D eigenvalue weighted by molar-refractivity contribution is 5.70. The number of aromatic nitrogens is 4. The van der Waals surface area contributed by atoms with Crippen LogP contribution < -0.4 is 5.56 Å². The molecule has 3 N–H and O–H groups in total. The van der Waals surface area contributed by atoms with Gasteiger partial charge in [-0.05, 0) is 6.08 Å². The van der Waals surface area contributed by atoms with Crippen molar-refractivity contribution in [2.24, 2.45) is 0 Å². The zero-order chi connectivity index (χ0) is 14.3. The number of imidazole rings is 1. The first-order chi connectivity index (χ1) is 9.63. The van der Waals surface area contributed by atoms with Crippen molar-refractivity contribution in [3.8, 4) is 0 Å². The molecule has 1 saturated heterocycles. The Kier molecular flexibility index (Phi) is 3.13. The van der Waals surface area contributed by atoms with Crippen molar-refractivity contribution in [3.05, 3.63) is 29.1 Å². The van der Waals surface area contributed by atoms with Crippen molar-refractivity contribution in [1.82, 2.24) is 19.5 Å². The number of hydrogen-bond donors (Lipinski definition) is 3. The zero-order valence-corrected chi connectivity index (χ0v) is 10.6. The Balaban J connectivity index is 2.10. The van der Waals surface area contributed by atoms with E-state index in [2.05, 4.69) is 21.5 Å². The number of nitrogens with one attached hydrogen (secondary N) is 1. The Hall–Kier alpha value is -2.03. The summed E-state index contributed by atoms with van der Waals surface area (Å²) in [4.78, 5) is 22.6. The van der Waals surface area contributed by atoms with E-state index >= 15 is 0 Å². The summed E-state index contributed by atoms with van der Waals surface area (Å²) in [6.45, 7) is 3.38. The third kappa shape index (κ3) is 1.94. The van der Waals surface area contributed by atoms with Gasteiger partial charge in [-0.1, -0.05) is 6.58 Å². The van der Waals surface area contributed by atoms with Gasteiger partial charge in [0.25, 0.3) is 5.56 Å². The van der Waals surface area contributed by atoms with Crippen LogP contribution in [0.25, 0.3) is 17.2 Å². The molecular formula is C12H14N4O4. The van der Waals surface area contributed by atoms with E-state index in [-0.39, 0.29) is 17.7 Å². The number of aliphatic hydroxyl groups is 2. The fourth-order valence-corrected chi connectivity index (χ4v) is 2.32. The van der Waals surface area contributed by atoms with Crippen molar-refractivity contribution in [3.63, 3.8) is 0 Å². The first-order valence-electron chi connectivity index (χ1n) is 6.17. The Bertz CT molecular complexity index is 707. The third-order valence-corrected chi connectivity index (χ3v) is 3.29. The minimum absolute atomic E-state index is 0.166. The maximum absolute atomic E-state index is 11.8. The van der Waals surface area contributed by atoms with Crippen LogP contribution in [0.1, 0.15) is 18.5 Å². The quantitative estimate of drug-likeness (QED) is 0.691. The topological polar surface area (TPSA) is 113 Å². The lowest BCUT2D eigenvalue weighted by atomic mass is 10.2. The first kappa shape index (κ1) is 13.0. The lowest BCUT2D eigenvalue weighted by Gasteiger charge is -2.16. The monoisotopic (exact) mass is 278 g/mol. The van der Waals surface area contributed by atoms with Crippen molar-refractivity contribution in [1.29, 1.82) is 0 Å². The van der Waals surface area contributed by atoms with Crippen LogP contribution in [0.2, 0.25) is 0 Å². The van der Waals surface area contributed by atoms with Crippen molar-refractivity contribution < 1.29 is 14.9 Å². The number of aliphatic hydroxyl groups excluding tert-OH is 2. The van der Waals surface area contributed by atoms with Crippen LogP contribution in [0.4, 0.5) is 0 Å². The van der Waals surface area contributed by atoms with Gasteiger partial charge in [0.1, 0.15) is 11.9 Å². The van der Waals surface area contributed by atoms with Gasteiger partial charge in [0.15, 0.2) is 17.4 Å². The Morgan fingerprint density at radius 2 is 2.45 bits per heavy atom. The van der Waals surface area contributed by atoms with Crippen LogP contribution in [-0.2, 0) is 4.74 Å². The second kappa shape index (κ2) is 4.82. The number of fused-ring (bicyclic) bond motifs is 1. The van der Waals surface area contributed by atoms with Gasteiger partial charge in [-0.2, -0.15) is 0 Å². The molecule has 0 aromatic carbocycles. The molecular weight excluding hydrogens is 264 g/mol. The van der Waals surface area contributed by atoms with Crippen molar-refractivity contribution >= 4 is 17.2 Å². The third-order valence-electron chi connectivity index (χ3n) is 3.29. The van der Waals surface area contributed by atoms with E-state index in [4.69, 9.17) is 9.84 Å². The Morgan fingerprint density at radius 3 is 3.10 bits per heavy atom. The second-order valence-electron chi connectivity index (χ2n) is 4.61. The summed E-state index contributed by atoms with van der Waals surface area (Å²) >= 11 is 0. The Labute approximate surface area is 113 Å². The van der Waals surface area contributed by atoms with Crippen LogP contribution in [0.3, 0.4) is 0 Å². The average molecular weight is 278 g/mol. The molecule has 3 unspecified atom stereocenters. The number of hydrogen-bond acceptors (Lipinski definition) is 6. The fourth-order valence-electron chi connectivity index (χ4n) is 2.32. The minimum Gasteiger partial charge on any atom is -0.394 e. The molecule has 0 aliphatic carbocycles. The zero-order valence-electron chi connectivity index (χ0n) is 10.6. The largest absolute Gasteiger partial charge is 0.394 e. The maximum Gasteiger partial charge on any atom is 0.279 e. The number of nitrogens with zero attached hydrogens (tertiary/aromatic N) is 3. The summed E-state index contributed by atoms with van der Waals surface area (Å²) in [5.74, 6) is 0.315.